The molecule has 0 aliphatic rings. The SMILES string of the molecule is NCC(=O)[O-].O=C[O-].[Zn+2]. The maximum atomic E-state index is 9.13. The molecule has 0 atom stereocenters. The van der Waals surface area contributed by atoms with Crippen LogP contribution >= 0.6 is 0 Å². The van der Waals surface area contributed by atoms with Gasteiger partial charge in [0.1, 0.15) is 0 Å². The van der Waals surface area contributed by atoms with Crippen LogP contribution in [0.1, 0.15) is 0 Å². The molecule has 0 radical (unpaired) electrons. The van der Waals surface area contributed by atoms with Crippen molar-refractivity contribution in [3.05, 3.63) is 0 Å². The van der Waals surface area contributed by atoms with Crippen LogP contribution in [0.4, 0.5) is 0 Å². The number of carbonyl (C=O) groups excluding carboxylic acids is 2. The largest absolute Gasteiger partial charge is 2.00 e. The molecule has 0 fully saturated rings. The van der Waals surface area contributed by atoms with Gasteiger partial charge >= 0.3 is 19.5 Å². The van der Waals surface area contributed by atoms with Crippen LogP contribution in [0.15, 0.2) is 0 Å². The van der Waals surface area contributed by atoms with Gasteiger partial charge in [-0.3, -0.25) is 0 Å². The van der Waals surface area contributed by atoms with Crippen molar-refractivity contribution in [3.8, 4) is 0 Å². The first-order valence-electron chi connectivity index (χ1n) is 1.64. The smallest absolute Gasteiger partial charge is 0.554 e. The Kier molecular flexibility index (Phi) is 27.5. The fourth-order valence-corrected chi connectivity index (χ4v) is 0. The number of nitrogens with two attached hydrogens (primary N) is 1. The third kappa shape index (κ3) is 98.9. The van der Waals surface area contributed by atoms with Gasteiger partial charge in [-0.1, -0.05) is 0 Å². The van der Waals surface area contributed by atoms with Crippen molar-refractivity contribution in [3.63, 3.8) is 0 Å². The van der Waals surface area contributed by atoms with Gasteiger partial charge in [-0.25, -0.2) is 0 Å². The number of rotatable bonds is 1. The molecule has 0 heterocycles. The van der Waals surface area contributed by atoms with E-state index in [0.717, 1.165) is 0 Å². The van der Waals surface area contributed by atoms with Gasteiger partial charge in [0, 0.05) is 13.0 Å². The predicted octanol–water partition coefficient (Wildman–Crippen LogP) is -3.94. The molecule has 0 saturated heterocycles. The van der Waals surface area contributed by atoms with Gasteiger partial charge in [0.2, 0.25) is 0 Å². The normalized spacial score (nSPS) is 5.44. The zero-order valence-corrected chi connectivity index (χ0v) is 7.67. The minimum absolute atomic E-state index is 0. The van der Waals surface area contributed by atoms with Crippen LogP contribution in [0, 0.1) is 0 Å². The average molecular weight is 184 g/mol. The molecule has 0 unspecified atom stereocenters. The second-order valence-corrected chi connectivity index (χ2v) is 0.672. The number of hydrogen-bond acceptors (Lipinski definition) is 5. The molecule has 0 aromatic carbocycles. The molecular weight excluding hydrogens is 179 g/mol. The summed E-state index contributed by atoms with van der Waals surface area (Å²) in [7, 11) is 0. The van der Waals surface area contributed by atoms with E-state index in [0.29, 0.717) is 0 Å². The molecule has 0 rings (SSSR count). The summed E-state index contributed by atoms with van der Waals surface area (Å²) in [4.78, 5) is 17.4. The predicted molar refractivity (Wildman–Crippen MR) is 20.1 cm³/mol. The van der Waals surface area contributed by atoms with Crippen LogP contribution in [0.5, 0.6) is 0 Å². The van der Waals surface area contributed by atoms with Gasteiger partial charge in [-0.15, -0.1) is 0 Å². The molecule has 0 amide bonds. The van der Waals surface area contributed by atoms with Crippen LogP contribution in [-0.4, -0.2) is 19.0 Å². The Labute approximate surface area is 64.6 Å². The molecule has 0 spiro atoms. The van der Waals surface area contributed by atoms with E-state index in [2.05, 4.69) is 5.73 Å². The van der Waals surface area contributed by atoms with Crippen molar-refractivity contribution in [1.29, 1.82) is 0 Å². The van der Waals surface area contributed by atoms with Gasteiger partial charge in [0.05, 0.1) is 5.97 Å². The quantitative estimate of drug-likeness (QED) is 0.331. The van der Waals surface area contributed by atoms with E-state index in [-0.39, 0.29) is 26.0 Å². The van der Waals surface area contributed by atoms with Gasteiger partial charge in [-0.2, -0.15) is 0 Å². The summed E-state index contributed by atoms with van der Waals surface area (Å²) in [6.45, 7) is -0.889. The first-order chi connectivity index (χ1) is 3.68. The molecule has 48 valence electrons. The van der Waals surface area contributed by atoms with Gasteiger partial charge < -0.3 is 25.5 Å². The zero-order chi connectivity index (χ0) is 6.99. The third-order valence-corrected chi connectivity index (χ3v) is 0.167. The molecule has 2 N–H and O–H groups in total. The summed E-state index contributed by atoms with van der Waals surface area (Å²) in [6, 6.07) is 0. The summed E-state index contributed by atoms with van der Waals surface area (Å²) in [5.41, 5.74) is 4.51. The summed E-state index contributed by atoms with van der Waals surface area (Å²) in [5, 5.41) is 17.4. The molecule has 0 saturated carbocycles. The molecule has 0 aromatic rings. The van der Waals surface area contributed by atoms with E-state index < -0.39 is 12.4 Å². The number of carbonyl (C=O) groups is 2. The molecular formula is C3H5NO4Zn. The monoisotopic (exact) mass is 183 g/mol. The number of hydrogen-bond donors (Lipinski definition) is 1. The van der Waals surface area contributed by atoms with Crippen molar-refractivity contribution in [2.75, 3.05) is 6.54 Å². The van der Waals surface area contributed by atoms with E-state index >= 15 is 0 Å². The Bertz CT molecular complexity index is 76.2. The van der Waals surface area contributed by atoms with Gasteiger partial charge in [-0.05, 0) is 0 Å². The van der Waals surface area contributed by atoms with E-state index in [1.807, 2.05) is 0 Å². The average Bonchev–Trinajstić information content (AvgIpc) is 1.69. The maximum Gasteiger partial charge on any atom is 2.00 e. The van der Waals surface area contributed by atoms with Gasteiger partial charge in [0.15, 0.2) is 0 Å². The Morgan fingerprint density at radius 3 is 1.78 bits per heavy atom. The third-order valence-electron chi connectivity index (χ3n) is 0.167. The maximum absolute atomic E-state index is 9.13. The topological polar surface area (TPSA) is 106 Å². The number of carboxylic acids is 1. The number of aliphatic carboxylic acids is 1. The molecule has 9 heavy (non-hydrogen) atoms. The first kappa shape index (κ1) is 15.8. The summed E-state index contributed by atoms with van der Waals surface area (Å²) < 4.78 is 0. The van der Waals surface area contributed by atoms with E-state index in [9.17, 15) is 0 Å². The molecule has 0 aliphatic heterocycles. The van der Waals surface area contributed by atoms with Crippen molar-refractivity contribution >= 4 is 12.4 Å². The van der Waals surface area contributed by atoms with Crippen molar-refractivity contribution in [2.24, 2.45) is 5.73 Å². The first-order valence-corrected chi connectivity index (χ1v) is 1.64. The Morgan fingerprint density at radius 2 is 1.78 bits per heavy atom. The molecule has 5 nitrogen and oxygen atoms in total. The van der Waals surface area contributed by atoms with E-state index in [1.54, 1.807) is 0 Å². The second kappa shape index (κ2) is 15.6. The molecule has 0 bridgehead atoms. The van der Waals surface area contributed by atoms with Crippen molar-refractivity contribution in [2.45, 2.75) is 0 Å². The van der Waals surface area contributed by atoms with Crippen LogP contribution in [0.25, 0.3) is 0 Å². The van der Waals surface area contributed by atoms with E-state index in [1.165, 1.54) is 0 Å². The van der Waals surface area contributed by atoms with Crippen LogP contribution < -0.4 is 15.9 Å². The van der Waals surface area contributed by atoms with Crippen molar-refractivity contribution in [1.82, 2.24) is 0 Å². The van der Waals surface area contributed by atoms with Gasteiger partial charge in [0.25, 0.3) is 0 Å². The molecule has 6 heteroatoms. The van der Waals surface area contributed by atoms with Crippen LogP contribution in [0.2, 0.25) is 0 Å². The summed E-state index contributed by atoms with van der Waals surface area (Å²) >= 11 is 0. The molecule has 0 aliphatic carbocycles. The minimum atomic E-state index is -1.22. The minimum Gasteiger partial charge on any atom is -0.554 e. The zero-order valence-electron chi connectivity index (χ0n) is 4.70. The van der Waals surface area contributed by atoms with Crippen LogP contribution in [-0.2, 0) is 29.1 Å². The Morgan fingerprint density at radius 1 is 1.67 bits per heavy atom. The van der Waals surface area contributed by atoms with Crippen LogP contribution in [0.3, 0.4) is 0 Å². The summed E-state index contributed by atoms with van der Waals surface area (Å²) in [6.07, 6.45) is 0. The fourth-order valence-electron chi connectivity index (χ4n) is 0. The standard InChI is InChI=1S/C2H5NO2.CH2O2.Zn/c3-1-2(4)5;2-1-3;/h1,3H2,(H,4,5);1H,(H,2,3);/q;;+2/p-2. The molecule has 0 aromatic heterocycles. The number of carboxylic acid groups (broad SMARTS) is 2. The Balaban J connectivity index is -0.0000000800. The second-order valence-electron chi connectivity index (χ2n) is 0.672. The summed E-state index contributed by atoms with van der Waals surface area (Å²) in [5.74, 6) is -1.22. The fraction of sp³-hybridized carbons (Fsp3) is 0.333. The van der Waals surface area contributed by atoms with E-state index in [4.69, 9.17) is 19.8 Å². The van der Waals surface area contributed by atoms with Crippen molar-refractivity contribution < 1.29 is 39.3 Å². The Hall–Kier alpha value is -0.477.